The third-order valence-electron chi connectivity index (χ3n) is 7.93. The number of anilines is 2. The van der Waals surface area contributed by atoms with Gasteiger partial charge < -0.3 is 20.8 Å². The van der Waals surface area contributed by atoms with Gasteiger partial charge in [-0.05, 0) is 56.6 Å². The van der Waals surface area contributed by atoms with E-state index < -0.39 is 36.1 Å². The molecule has 2 aromatic heterocycles. The standard InChI is InChI=1S/C28H33FN8O4/c1-36-21(12-15-6-7-15)17(13-33-36)24-18(29)14-32-28(35-24)31-11-3-10-30-19-5-2-4-16-23(19)27(41)37(26(16)40)20-8-9-22(38)34-25(20)39/h2,4-5,13-15,20,22,25,30,34,38-39H,3,6-12H2,1H3,(H,31,32,35). The predicted molar refractivity (Wildman–Crippen MR) is 147 cm³/mol. The average molecular weight is 565 g/mol. The van der Waals surface area contributed by atoms with Crippen molar-refractivity contribution in [3.05, 3.63) is 53.2 Å². The predicted octanol–water partition coefficient (Wildman–Crippen LogP) is 1.87. The molecule has 41 heavy (non-hydrogen) atoms. The zero-order valence-electron chi connectivity index (χ0n) is 22.7. The summed E-state index contributed by atoms with van der Waals surface area (Å²) in [6.07, 6.45) is 5.16. The number of nitrogens with one attached hydrogen (secondary N) is 3. The van der Waals surface area contributed by atoms with Gasteiger partial charge in [-0.25, -0.2) is 14.4 Å². The lowest BCUT2D eigenvalue weighted by Crippen LogP contribution is -2.58. The van der Waals surface area contributed by atoms with E-state index in [4.69, 9.17) is 0 Å². The second kappa shape index (κ2) is 11.1. The Hall–Kier alpha value is -3.94. The molecule has 0 bridgehead atoms. The van der Waals surface area contributed by atoms with Gasteiger partial charge in [0.05, 0.1) is 29.6 Å². The zero-order valence-corrected chi connectivity index (χ0v) is 22.7. The molecule has 2 aliphatic heterocycles. The first-order valence-electron chi connectivity index (χ1n) is 14.0. The summed E-state index contributed by atoms with van der Waals surface area (Å²) in [5.41, 5.74) is 2.96. The van der Waals surface area contributed by atoms with Gasteiger partial charge in [-0.15, -0.1) is 0 Å². The number of aliphatic hydroxyl groups excluding tert-OH is 2. The number of nitrogens with zero attached hydrogens (tertiary/aromatic N) is 5. The van der Waals surface area contributed by atoms with Crippen molar-refractivity contribution in [1.29, 1.82) is 0 Å². The fourth-order valence-corrected chi connectivity index (χ4v) is 5.55. The maximum atomic E-state index is 14.7. The van der Waals surface area contributed by atoms with E-state index in [2.05, 4.69) is 31.0 Å². The van der Waals surface area contributed by atoms with Crippen LogP contribution in [-0.4, -0.2) is 78.3 Å². The summed E-state index contributed by atoms with van der Waals surface area (Å²) in [7, 11) is 1.86. The Morgan fingerprint density at radius 2 is 1.85 bits per heavy atom. The lowest BCUT2D eigenvalue weighted by molar-refractivity contribution is -0.0413. The molecule has 3 unspecified atom stereocenters. The van der Waals surface area contributed by atoms with E-state index in [9.17, 15) is 24.2 Å². The van der Waals surface area contributed by atoms with E-state index in [1.54, 1.807) is 29.1 Å². The lowest BCUT2D eigenvalue weighted by Gasteiger charge is -2.36. The number of amides is 2. The first kappa shape index (κ1) is 27.2. The normalized spacial score (nSPS) is 22.2. The fourth-order valence-electron chi connectivity index (χ4n) is 5.55. The summed E-state index contributed by atoms with van der Waals surface area (Å²) in [4.78, 5) is 36.0. The van der Waals surface area contributed by atoms with Crippen molar-refractivity contribution in [2.45, 2.75) is 57.0 Å². The van der Waals surface area contributed by atoms with Gasteiger partial charge >= 0.3 is 0 Å². The molecular formula is C28H33FN8O4. The van der Waals surface area contributed by atoms with Crippen LogP contribution >= 0.6 is 0 Å². The second-order valence-corrected chi connectivity index (χ2v) is 10.9. The molecule has 1 saturated heterocycles. The van der Waals surface area contributed by atoms with Crippen LogP contribution in [0.1, 0.15) is 58.5 Å². The average Bonchev–Trinajstić information content (AvgIpc) is 3.65. The molecule has 3 atom stereocenters. The Morgan fingerprint density at radius 1 is 1.05 bits per heavy atom. The number of imide groups is 1. The SMILES string of the molecule is Cn1ncc(-c2nc(NCCCNc3cccc4c3C(=O)N(C3CCC(O)NC3O)C4=O)ncc2F)c1CC1CC1. The molecule has 0 radical (unpaired) electrons. The van der Waals surface area contributed by atoms with Crippen LogP contribution in [0.3, 0.4) is 0 Å². The highest BCUT2D eigenvalue weighted by Crippen LogP contribution is 2.36. The number of rotatable bonds is 10. The number of halogens is 1. The van der Waals surface area contributed by atoms with Crippen LogP contribution in [0.2, 0.25) is 0 Å². The smallest absolute Gasteiger partial charge is 0.264 e. The van der Waals surface area contributed by atoms with E-state index in [0.29, 0.717) is 55.5 Å². The van der Waals surface area contributed by atoms with Crippen molar-refractivity contribution >= 4 is 23.5 Å². The van der Waals surface area contributed by atoms with Gasteiger partial charge in [-0.2, -0.15) is 5.10 Å². The number of piperidine rings is 1. The number of carbonyl (C=O) groups excluding carboxylic acids is 2. The summed E-state index contributed by atoms with van der Waals surface area (Å²) in [6, 6.07) is 4.28. The molecule has 6 rings (SSSR count). The summed E-state index contributed by atoms with van der Waals surface area (Å²) in [6.45, 7) is 0.962. The van der Waals surface area contributed by atoms with E-state index in [1.165, 1.54) is 12.8 Å². The number of aromatic nitrogens is 4. The minimum Gasteiger partial charge on any atom is -0.384 e. The van der Waals surface area contributed by atoms with Crippen molar-refractivity contribution < 1.29 is 24.2 Å². The van der Waals surface area contributed by atoms with Crippen LogP contribution in [0.5, 0.6) is 0 Å². The topological polar surface area (TPSA) is 158 Å². The first-order chi connectivity index (χ1) is 19.8. The molecule has 2 fully saturated rings. The number of carbonyl (C=O) groups is 2. The Morgan fingerprint density at radius 3 is 2.63 bits per heavy atom. The van der Waals surface area contributed by atoms with Crippen molar-refractivity contribution in [3.63, 3.8) is 0 Å². The number of aryl methyl sites for hydroxylation is 1. The molecular weight excluding hydrogens is 531 g/mol. The van der Waals surface area contributed by atoms with Crippen molar-refractivity contribution in [3.8, 4) is 11.3 Å². The van der Waals surface area contributed by atoms with Gasteiger partial charge in [0.25, 0.3) is 11.8 Å². The minimum absolute atomic E-state index is 0.227. The van der Waals surface area contributed by atoms with Crippen LogP contribution < -0.4 is 16.0 Å². The summed E-state index contributed by atoms with van der Waals surface area (Å²) in [5, 5.41) is 33.3. The zero-order chi connectivity index (χ0) is 28.7. The highest BCUT2D eigenvalue weighted by Gasteiger charge is 2.45. The monoisotopic (exact) mass is 564 g/mol. The molecule has 1 aliphatic carbocycles. The van der Waals surface area contributed by atoms with Crippen molar-refractivity contribution in [2.24, 2.45) is 13.0 Å². The van der Waals surface area contributed by atoms with Gasteiger partial charge in [-0.1, -0.05) is 6.07 Å². The Balaban J connectivity index is 1.07. The fraction of sp³-hybridized carbons (Fsp3) is 0.464. The molecule has 2 amide bonds. The van der Waals surface area contributed by atoms with E-state index >= 15 is 0 Å². The third-order valence-corrected chi connectivity index (χ3v) is 7.93. The third kappa shape index (κ3) is 5.39. The van der Waals surface area contributed by atoms with Crippen LogP contribution in [0, 0.1) is 11.7 Å². The summed E-state index contributed by atoms with van der Waals surface area (Å²) in [5.74, 6) is -0.509. The van der Waals surface area contributed by atoms with Gasteiger partial charge in [0.1, 0.15) is 18.1 Å². The number of hydrogen-bond donors (Lipinski definition) is 5. The Bertz CT molecular complexity index is 1480. The van der Waals surface area contributed by atoms with Crippen LogP contribution in [-0.2, 0) is 13.5 Å². The Kier molecular flexibility index (Phi) is 7.41. The highest BCUT2D eigenvalue weighted by atomic mass is 19.1. The molecule has 1 aromatic carbocycles. The molecule has 3 aliphatic rings. The molecule has 3 aromatic rings. The summed E-state index contributed by atoms with van der Waals surface area (Å²) >= 11 is 0. The second-order valence-electron chi connectivity index (χ2n) is 10.9. The maximum Gasteiger partial charge on any atom is 0.264 e. The number of fused-ring (bicyclic) bond motifs is 1. The lowest BCUT2D eigenvalue weighted by atomic mass is 10.0. The molecule has 216 valence electrons. The molecule has 1 saturated carbocycles. The van der Waals surface area contributed by atoms with Crippen molar-refractivity contribution in [1.82, 2.24) is 30.0 Å². The van der Waals surface area contributed by atoms with Gasteiger partial charge in [0, 0.05) is 37.1 Å². The van der Waals surface area contributed by atoms with Crippen LogP contribution in [0.4, 0.5) is 16.0 Å². The van der Waals surface area contributed by atoms with Crippen LogP contribution in [0.15, 0.2) is 30.6 Å². The minimum atomic E-state index is -1.21. The van der Waals surface area contributed by atoms with E-state index in [0.717, 1.165) is 23.2 Å². The molecule has 12 nitrogen and oxygen atoms in total. The van der Waals surface area contributed by atoms with E-state index in [-0.39, 0.29) is 16.8 Å². The van der Waals surface area contributed by atoms with E-state index in [1.807, 2.05) is 7.05 Å². The number of benzene rings is 1. The van der Waals surface area contributed by atoms with Gasteiger partial charge in [0.2, 0.25) is 5.95 Å². The van der Waals surface area contributed by atoms with Gasteiger partial charge in [-0.3, -0.25) is 24.5 Å². The first-order valence-corrected chi connectivity index (χ1v) is 14.0. The molecule has 13 heteroatoms. The van der Waals surface area contributed by atoms with Crippen LogP contribution in [0.25, 0.3) is 11.3 Å². The largest absolute Gasteiger partial charge is 0.384 e. The molecule has 0 spiro atoms. The number of hydrogen-bond acceptors (Lipinski definition) is 10. The summed E-state index contributed by atoms with van der Waals surface area (Å²) < 4.78 is 16.5. The highest BCUT2D eigenvalue weighted by molar-refractivity contribution is 6.24. The van der Waals surface area contributed by atoms with Crippen molar-refractivity contribution in [2.75, 3.05) is 23.7 Å². The maximum absolute atomic E-state index is 14.7. The molecule has 5 N–H and O–H groups in total. The molecule has 4 heterocycles. The number of aliphatic hydroxyl groups is 2. The van der Waals surface area contributed by atoms with Gasteiger partial charge in [0.15, 0.2) is 5.82 Å². The quantitative estimate of drug-likeness (QED) is 0.182. The Labute approximate surface area is 236 Å².